The van der Waals surface area contributed by atoms with Crippen LogP contribution in [0, 0.1) is 5.41 Å². The molecule has 0 aromatic rings. The molecule has 1 fully saturated rings. The van der Waals surface area contributed by atoms with E-state index in [9.17, 15) is 5.11 Å². The highest BCUT2D eigenvalue weighted by atomic mass is 16.5. The summed E-state index contributed by atoms with van der Waals surface area (Å²) in [7, 11) is 1.79. The van der Waals surface area contributed by atoms with Crippen molar-refractivity contribution in [3.8, 4) is 0 Å². The van der Waals surface area contributed by atoms with Crippen LogP contribution >= 0.6 is 0 Å². The Hall–Kier alpha value is -0.850. The monoisotopic (exact) mass is 314 g/mol. The maximum atomic E-state index is 9.26. The van der Waals surface area contributed by atoms with E-state index in [0.717, 1.165) is 64.7 Å². The number of guanidine groups is 1. The van der Waals surface area contributed by atoms with E-state index >= 15 is 0 Å². The zero-order chi connectivity index (χ0) is 16.3. The lowest BCUT2D eigenvalue weighted by molar-refractivity contribution is 0.127. The summed E-state index contributed by atoms with van der Waals surface area (Å²) >= 11 is 0. The molecule has 0 aromatic heterocycles. The van der Waals surface area contributed by atoms with Crippen LogP contribution < -0.4 is 10.6 Å². The normalized spacial score (nSPS) is 22.3. The van der Waals surface area contributed by atoms with Crippen LogP contribution in [0.2, 0.25) is 0 Å². The molecular formula is C16H34N4O2. The Morgan fingerprint density at radius 3 is 2.68 bits per heavy atom. The van der Waals surface area contributed by atoms with Gasteiger partial charge < -0.3 is 25.4 Å². The summed E-state index contributed by atoms with van der Waals surface area (Å²) in [5, 5.41) is 16.0. The number of aliphatic imine (C=N–C) groups is 1. The first-order chi connectivity index (χ1) is 10.7. The van der Waals surface area contributed by atoms with Gasteiger partial charge in [0, 0.05) is 45.3 Å². The van der Waals surface area contributed by atoms with Gasteiger partial charge in [-0.05, 0) is 32.4 Å². The van der Waals surface area contributed by atoms with Gasteiger partial charge in [0.1, 0.15) is 0 Å². The molecule has 22 heavy (non-hydrogen) atoms. The number of hydrogen-bond acceptors (Lipinski definition) is 4. The van der Waals surface area contributed by atoms with Gasteiger partial charge in [-0.2, -0.15) is 0 Å². The molecule has 0 aliphatic carbocycles. The van der Waals surface area contributed by atoms with Crippen molar-refractivity contribution in [2.24, 2.45) is 10.4 Å². The van der Waals surface area contributed by atoms with Gasteiger partial charge in [0.15, 0.2) is 5.96 Å². The van der Waals surface area contributed by atoms with Crippen LogP contribution in [0.1, 0.15) is 33.1 Å². The fraction of sp³-hybridized carbons (Fsp3) is 0.938. The third-order valence-corrected chi connectivity index (χ3v) is 4.39. The van der Waals surface area contributed by atoms with Crippen molar-refractivity contribution in [2.45, 2.75) is 33.1 Å². The van der Waals surface area contributed by atoms with Gasteiger partial charge in [-0.1, -0.05) is 13.8 Å². The molecule has 1 heterocycles. The fourth-order valence-corrected chi connectivity index (χ4v) is 2.88. The average Bonchev–Trinajstić information content (AvgIpc) is 2.98. The Morgan fingerprint density at radius 2 is 2.14 bits per heavy atom. The Balaban J connectivity index is 2.32. The summed E-state index contributed by atoms with van der Waals surface area (Å²) in [4.78, 5) is 6.71. The van der Waals surface area contributed by atoms with Crippen molar-refractivity contribution < 1.29 is 9.84 Å². The van der Waals surface area contributed by atoms with E-state index in [1.54, 1.807) is 7.05 Å². The minimum atomic E-state index is 0.0457. The lowest BCUT2D eigenvalue weighted by Crippen LogP contribution is -2.46. The zero-order valence-electron chi connectivity index (χ0n) is 14.5. The summed E-state index contributed by atoms with van der Waals surface area (Å²) in [5.74, 6) is 0.830. The summed E-state index contributed by atoms with van der Waals surface area (Å²) in [5.41, 5.74) is 0.0457. The number of aliphatic hydroxyl groups is 1. The van der Waals surface area contributed by atoms with Crippen LogP contribution in [0.5, 0.6) is 0 Å². The molecule has 1 unspecified atom stereocenters. The molecule has 3 N–H and O–H groups in total. The molecule has 0 bridgehead atoms. The quantitative estimate of drug-likeness (QED) is 0.408. The molecule has 0 spiro atoms. The predicted octanol–water partition coefficient (Wildman–Crippen LogP) is 0.672. The number of nitrogens with zero attached hydrogens (tertiary/aromatic N) is 2. The fourth-order valence-electron chi connectivity index (χ4n) is 2.88. The molecule has 1 atom stereocenters. The molecule has 0 amide bonds. The number of likely N-dealkylation sites (N-methyl/N-ethyl adjacent to an activating group) is 1. The molecule has 1 aliphatic heterocycles. The lowest BCUT2D eigenvalue weighted by atomic mass is 9.84. The second-order valence-electron chi connectivity index (χ2n) is 6.06. The van der Waals surface area contributed by atoms with Gasteiger partial charge in [-0.3, -0.25) is 4.99 Å². The number of aliphatic hydroxyl groups excluding tert-OH is 1. The van der Waals surface area contributed by atoms with Crippen molar-refractivity contribution >= 4 is 5.96 Å². The average molecular weight is 314 g/mol. The number of hydrogen-bond donors (Lipinski definition) is 3. The second kappa shape index (κ2) is 10.8. The highest BCUT2D eigenvalue weighted by Gasteiger charge is 2.34. The minimum Gasteiger partial charge on any atom is -0.396 e. The smallest absolute Gasteiger partial charge is 0.191 e. The Kier molecular flexibility index (Phi) is 9.43. The van der Waals surface area contributed by atoms with Crippen molar-refractivity contribution in [3.63, 3.8) is 0 Å². The molecular weight excluding hydrogens is 280 g/mol. The third-order valence-electron chi connectivity index (χ3n) is 4.39. The van der Waals surface area contributed by atoms with E-state index in [1.165, 1.54) is 6.42 Å². The van der Waals surface area contributed by atoms with E-state index in [1.807, 2.05) is 0 Å². The predicted molar refractivity (Wildman–Crippen MR) is 91.3 cm³/mol. The van der Waals surface area contributed by atoms with Gasteiger partial charge in [0.2, 0.25) is 0 Å². The van der Waals surface area contributed by atoms with Gasteiger partial charge in [-0.15, -0.1) is 0 Å². The van der Waals surface area contributed by atoms with Crippen LogP contribution in [0.25, 0.3) is 0 Å². The number of rotatable bonds is 10. The van der Waals surface area contributed by atoms with Crippen LogP contribution in [0.3, 0.4) is 0 Å². The van der Waals surface area contributed by atoms with Crippen LogP contribution in [-0.4, -0.2) is 75.6 Å². The second-order valence-corrected chi connectivity index (χ2v) is 6.06. The van der Waals surface area contributed by atoms with E-state index in [4.69, 9.17) is 4.74 Å². The highest BCUT2D eigenvalue weighted by Crippen LogP contribution is 2.31. The first kappa shape index (κ1) is 19.2. The molecule has 0 saturated carbocycles. The molecule has 6 nitrogen and oxygen atoms in total. The molecule has 1 rings (SSSR count). The summed E-state index contributed by atoms with van der Waals surface area (Å²) < 4.78 is 5.51. The maximum Gasteiger partial charge on any atom is 0.191 e. The van der Waals surface area contributed by atoms with Gasteiger partial charge in [-0.25, -0.2) is 0 Å². The number of ether oxygens (including phenoxy) is 1. The summed E-state index contributed by atoms with van der Waals surface area (Å²) in [6.07, 6.45) is 2.96. The Bertz CT molecular complexity index is 317. The summed E-state index contributed by atoms with van der Waals surface area (Å²) in [6, 6.07) is 0. The standard InChI is InChI=1S/C16H34N4O2/c1-4-9-20(5-2)10-8-18-15(17-3)19-13-16(6-11-21)7-12-22-14-16/h21H,4-14H2,1-3H3,(H2,17,18,19). The Labute approximate surface area is 135 Å². The molecule has 0 aromatic carbocycles. The van der Waals surface area contributed by atoms with Crippen molar-refractivity contribution in [1.82, 2.24) is 15.5 Å². The van der Waals surface area contributed by atoms with E-state index in [2.05, 4.69) is 34.4 Å². The Morgan fingerprint density at radius 1 is 1.32 bits per heavy atom. The molecule has 1 aliphatic rings. The first-order valence-electron chi connectivity index (χ1n) is 8.55. The van der Waals surface area contributed by atoms with Crippen molar-refractivity contribution in [2.75, 3.05) is 59.6 Å². The van der Waals surface area contributed by atoms with Crippen LogP contribution in [-0.2, 0) is 4.74 Å². The third kappa shape index (κ3) is 6.50. The van der Waals surface area contributed by atoms with Gasteiger partial charge in [0.25, 0.3) is 0 Å². The summed E-state index contributed by atoms with van der Waals surface area (Å²) in [6.45, 7) is 11.0. The minimum absolute atomic E-state index is 0.0457. The topological polar surface area (TPSA) is 69.1 Å². The molecule has 6 heteroatoms. The van der Waals surface area contributed by atoms with E-state index in [-0.39, 0.29) is 12.0 Å². The molecule has 0 radical (unpaired) electrons. The number of nitrogens with one attached hydrogen (secondary N) is 2. The SMILES string of the molecule is CCCN(CC)CCNC(=NC)NCC1(CCO)CCOC1. The first-order valence-corrected chi connectivity index (χ1v) is 8.55. The molecule has 1 saturated heterocycles. The van der Waals surface area contributed by atoms with E-state index in [0.29, 0.717) is 0 Å². The zero-order valence-corrected chi connectivity index (χ0v) is 14.5. The largest absolute Gasteiger partial charge is 0.396 e. The van der Waals surface area contributed by atoms with Crippen molar-refractivity contribution in [1.29, 1.82) is 0 Å². The van der Waals surface area contributed by atoms with E-state index < -0.39 is 0 Å². The maximum absolute atomic E-state index is 9.26. The van der Waals surface area contributed by atoms with Gasteiger partial charge >= 0.3 is 0 Å². The lowest BCUT2D eigenvalue weighted by Gasteiger charge is -2.28. The van der Waals surface area contributed by atoms with Gasteiger partial charge in [0.05, 0.1) is 6.61 Å². The molecule has 130 valence electrons. The van der Waals surface area contributed by atoms with Crippen LogP contribution in [0.4, 0.5) is 0 Å². The van der Waals surface area contributed by atoms with Crippen LogP contribution in [0.15, 0.2) is 4.99 Å². The van der Waals surface area contributed by atoms with Crippen molar-refractivity contribution in [3.05, 3.63) is 0 Å². The highest BCUT2D eigenvalue weighted by molar-refractivity contribution is 5.79.